The van der Waals surface area contributed by atoms with Gasteiger partial charge in [0.1, 0.15) is 4.88 Å². The van der Waals surface area contributed by atoms with Crippen molar-refractivity contribution in [1.29, 1.82) is 0 Å². The molecule has 0 radical (unpaired) electrons. The number of aromatic amines is 1. The summed E-state index contributed by atoms with van der Waals surface area (Å²) in [5.41, 5.74) is 1.79. The summed E-state index contributed by atoms with van der Waals surface area (Å²) in [6.45, 7) is 2.30. The van der Waals surface area contributed by atoms with Crippen LogP contribution in [-0.2, 0) is 6.54 Å². The van der Waals surface area contributed by atoms with Crippen LogP contribution in [0.5, 0.6) is 0 Å². The first-order chi connectivity index (χ1) is 7.68. The molecule has 0 saturated heterocycles. The third-order valence-corrected chi connectivity index (χ3v) is 3.80. The number of nitrogens with one attached hydrogen (secondary N) is 2. The van der Waals surface area contributed by atoms with Gasteiger partial charge >= 0.3 is 0 Å². The Bertz CT molecular complexity index is 492. The van der Waals surface area contributed by atoms with E-state index in [1.54, 1.807) is 12.5 Å². The van der Waals surface area contributed by atoms with Crippen molar-refractivity contribution in [1.82, 2.24) is 15.3 Å². The van der Waals surface area contributed by atoms with Crippen molar-refractivity contribution in [3.63, 3.8) is 0 Å². The molecule has 6 heteroatoms. The average Bonchev–Trinajstić information content (AvgIpc) is 2.88. The molecule has 0 aromatic carbocycles. The number of H-pyrrole nitrogens is 1. The van der Waals surface area contributed by atoms with Gasteiger partial charge in [-0.05, 0) is 17.9 Å². The van der Waals surface area contributed by atoms with E-state index in [1.165, 1.54) is 11.3 Å². The fraction of sp³-hybridized carbons (Fsp3) is 0.200. The summed E-state index contributed by atoms with van der Waals surface area (Å²) in [6.07, 6.45) is 3.24. The topological polar surface area (TPSA) is 57.8 Å². The molecular weight excluding hydrogens is 246 g/mol. The first-order valence-electron chi connectivity index (χ1n) is 4.67. The maximum Gasteiger partial charge on any atom is 0.263 e. The van der Waals surface area contributed by atoms with Crippen molar-refractivity contribution in [2.45, 2.75) is 13.5 Å². The minimum absolute atomic E-state index is 0.155. The monoisotopic (exact) mass is 255 g/mol. The molecule has 84 valence electrons. The van der Waals surface area contributed by atoms with E-state index < -0.39 is 0 Å². The Morgan fingerprint density at radius 1 is 1.69 bits per heavy atom. The van der Waals surface area contributed by atoms with Gasteiger partial charge in [0, 0.05) is 6.20 Å². The predicted octanol–water partition coefficient (Wildman–Crippen LogP) is 2.36. The lowest BCUT2D eigenvalue weighted by Gasteiger charge is -2.01. The molecule has 1 amide bonds. The van der Waals surface area contributed by atoms with Crippen LogP contribution in [-0.4, -0.2) is 15.9 Å². The molecule has 16 heavy (non-hydrogen) atoms. The third-order valence-electron chi connectivity index (χ3n) is 2.10. The van der Waals surface area contributed by atoms with Gasteiger partial charge in [0.15, 0.2) is 0 Å². The maximum absolute atomic E-state index is 11.8. The van der Waals surface area contributed by atoms with Gasteiger partial charge in [0.25, 0.3) is 5.91 Å². The maximum atomic E-state index is 11.8. The number of carbonyl (C=O) groups is 1. The highest BCUT2D eigenvalue weighted by Crippen LogP contribution is 2.26. The van der Waals surface area contributed by atoms with Gasteiger partial charge in [-0.25, -0.2) is 4.98 Å². The molecule has 0 bridgehead atoms. The molecule has 0 fully saturated rings. The highest BCUT2D eigenvalue weighted by Gasteiger charge is 2.14. The van der Waals surface area contributed by atoms with Crippen LogP contribution in [0.3, 0.4) is 0 Å². The van der Waals surface area contributed by atoms with Crippen LogP contribution in [0.25, 0.3) is 0 Å². The highest BCUT2D eigenvalue weighted by molar-refractivity contribution is 7.13. The quantitative estimate of drug-likeness (QED) is 0.885. The van der Waals surface area contributed by atoms with Crippen molar-refractivity contribution in [2.24, 2.45) is 0 Å². The van der Waals surface area contributed by atoms with Crippen LogP contribution >= 0.6 is 22.9 Å². The van der Waals surface area contributed by atoms with Crippen molar-refractivity contribution in [2.75, 3.05) is 0 Å². The molecule has 0 saturated carbocycles. The molecule has 2 N–H and O–H groups in total. The van der Waals surface area contributed by atoms with E-state index in [-0.39, 0.29) is 5.91 Å². The first kappa shape index (κ1) is 11.2. The Balaban J connectivity index is 2.01. The SMILES string of the molecule is Cc1csc(C(=O)NCc2cnc[nH]2)c1Cl. The summed E-state index contributed by atoms with van der Waals surface area (Å²) in [5.74, 6) is -0.155. The number of hydrogen-bond acceptors (Lipinski definition) is 3. The Kier molecular flexibility index (Phi) is 3.26. The van der Waals surface area contributed by atoms with Crippen LogP contribution < -0.4 is 5.32 Å². The molecule has 0 atom stereocenters. The van der Waals surface area contributed by atoms with Crippen molar-refractivity contribution in [3.05, 3.63) is 39.1 Å². The summed E-state index contributed by atoms with van der Waals surface area (Å²) in [7, 11) is 0. The van der Waals surface area contributed by atoms with E-state index in [0.717, 1.165) is 11.3 Å². The third kappa shape index (κ3) is 2.25. The Morgan fingerprint density at radius 3 is 3.06 bits per heavy atom. The van der Waals surface area contributed by atoms with Crippen LogP contribution in [0.2, 0.25) is 5.02 Å². The Morgan fingerprint density at radius 2 is 2.50 bits per heavy atom. The molecular formula is C10H10ClN3OS. The van der Waals surface area contributed by atoms with Crippen molar-refractivity contribution >= 4 is 28.8 Å². The summed E-state index contributed by atoms with van der Waals surface area (Å²) >= 11 is 7.35. The summed E-state index contributed by atoms with van der Waals surface area (Å²) in [6, 6.07) is 0. The standard InChI is InChI=1S/C10H10ClN3OS/c1-6-4-16-9(8(6)11)10(15)13-3-7-2-12-5-14-7/h2,4-5H,3H2,1H3,(H,12,14)(H,13,15). The number of carbonyl (C=O) groups excluding carboxylic acids is 1. The van der Waals surface area contributed by atoms with Gasteiger partial charge < -0.3 is 10.3 Å². The van der Waals surface area contributed by atoms with Crippen molar-refractivity contribution in [3.8, 4) is 0 Å². The first-order valence-corrected chi connectivity index (χ1v) is 5.93. The Labute approximate surface area is 102 Å². The minimum Gasteiger partial charge on any atom is -0.347 e. The van der Waals surface area contributed by atoms with Crippen molar-refractivity contribution < 1.29 is 4.79 Å². The molecule has 0 aliphatic carbocycles. The number of halogens is 1. The zero-order valence-electron chi connectivity index (χ0n) is 8.58. The van der Waals surface area contributed by atoms with Gasteiger partial charge in [0.05, 0.1) is 23.6 Å². The molecule has 2 aromatic rings. The zero-order valence-corrected chi connectivity index (χ0v) is 10.2. The largest absolute Gasteiger partial charge is 0.347 e. The molecule has 0 unspecified atom stereocenters. The normalized spacial score (nSPS) is 10.4. The highest BCUT2D eigenvalue weighted by atomic mass is 35.5. The molecule has 0 aliphatic heterocycles. The van der Waals surface area contributed by atoms with E-state index in [0.29, 0.717) is 16.4 Å². The molecule has 4 nitrogen and oxygen atoms in total. The number of thiophene rings is 1. The van der Waals surface area contributed by atoms with Gasteiger partial charge in [-0.3, -0.25) is 4.79 Å². The lowest BCUT2D eigenvalue weighted by atomic mass is 10.3. The molecule has 2 aromatic heterocycles. The van der Waals surface area contributed by atoms with E-state index in [9.17, 15) is 4.79 Å². The van der Waals surface area contributed by atoms with E-state index in [1.807, 2.05) is 12.3 Å². The summed E-state index contributed by atoms with van der Waals surface area (Å²) in [4.78, 5) is 19.1. The summed E-state index contributed by atoms with van der Waals surface area (Å²) < 4.78 is 0. The van der Waals surface area contributed by atoms with Crippen LogP contribution in [0, 0.1) is 6.92 Å². The summed E-state index contributed by atoms with van der Waals surface area (Å²) in [5, 5.41) is 5.17. The number of aryl methyl sites for hydroxylation is 1. The molecule has 0 spiro atoms. The second-order valence-electron chi connectivity index (χ2n) is 3.32. The number of rotatable bonds is 3. The second kappa shape index (κ2) is 4.67. The van der Waals surface area contributed by atoms with Crippen LogP contribution in [0.15, 0.2) is 17.9 Å². The van der Waals surface area contributed by atoms with Gasteiger partial charge in [-0.15, -0.1) is 11.3 Å². The average molecular weight is 256 g/mol. The Hall–Kier alpha value is -1.33. The smallest absolute Gasteiger partial charge is 0.263 e. The number of amides is 1. The second-order valence-corrected chi connectivity index (χ2v) is 4.58. The minimum atomic E-state index is -0.155. The van der Waals surface area contributed by atoms with E-state index in [2.05, 4.69) is 15.3 Å². The predicted molar refractivity (Wildman–Crippen MR) is 63.8 cm³/mol. The number of imidazole rings is 1. The number of nitrogens with zero attached hydrogens (tertiary/aromatic N) is 1. The number of aromatic nitrogens is 2. The molecule has 0 aliphatic rings. The van der Waals surface area contributed by atoms with E-state index in [4.69, 9.17) is 11.6 Å². The lowest BCUT2D eigenvalue weighted by Crippen LogP contribution is -2.22. The number of hydrogen-bond donors (Lipinski definition) is 2. The molecule has 2 rings (SSSR count). The van der Waals surface area contributed by atoms with Crippen LogP contribution in [0.4, 0.5) is 0 Å². The fourth-order valence-corrected chi connectivity index (χ4v) is 2.42. The van der Waals surface area contributed by atoms with Gasteiger partial charge in [-0.1, -0.05) is 11.6 Å². The van der Waals surface area contributed by atoms with Gasteiger partial charge in [-0.2, -0.15) is 0 Å². The fourth-order valence-electron chi connectivity index (χ4n) is 1.22. The van der Waals surface area contributed by atoms with E-state index >= 15 is 0 Å². The zero-order chi connectivity index (χ0) is 11.5. The van der Waals surface area contributed by atoms with Crippen LogP contribution in [0.1, 0.15) is 20.9 Å². The van der Waals surface area contributed by atoms with Gasteiger partial charge in [0.2, 0.25) is 0 Å². The lowest BCUT2D eigenvalue weighted by molar-refractivity contribution is 0.0954. The molecule has 2 heterocycles.